The van der Waals surface area contributed by atoms with Crippen LogP contribution in [-0.4, -0.2) is 104 Å². The minimum Gasteiger partial charge on any atom is -0.388 e. The van der Waals surface area contributed by atoms with Gasteiger partial charge in [0, 0.05) is 25.2 Å². The van der Waals surface area contributed by atoms with E-state index in [1.165, 1.54) is 19.0 Å². The van der Waals surface area contributed by atoms with Gasteiger partial charge < -0.3 is 30.4 Å². The Morgan fingerprint density at radius 3 is 2.29 bits per heavy atom. The topological polar surface area (TPSA) is 254 Å². The zero-order valence-electron chi connectivity index (χ0n) is 23.4. The molecular formula is C25H25N15O5. The maximum absolute atomic E-state index is 12.5. The predicted octanol–water partition coefficient (Wildman–Crippen LogP) is -1.87. The fourth-order valence-corrected chi connectivity index (χ4v) is 6.67. The number of aromatic nitrogens is 14. The molecule has 6 aromatic heterocycles. The minimum absolute atomic E-state index is 0.148. The lowest BCUT2D eigenvalue weighted by atomic mass is 10.0. The van der Waals surface area contributed by atoms with Gasteiger partial charge in [-0.2, -0.15) is 0 Å². The minimum atomic E-state index is -1.09. The summed E-state index contributed by atoms with van der Waals surface area (Å²) in [6.45, 7) is 1.67. The first-order valence-corrected chi connectivity index (χ1v) is 14.2. The number of nitrogens with one attached hydrogen (secondary N) is 1. The molecule has 2 fully saturated rings. The highest BCUT2D eigenvalue weighted by atomic mass is 16.5. The molecule has 0 amide bonds. The summed E-state index contributed by atoms with van der Waals surface area (Å²) in [5.41, 5.74) is 7.94. The van der Waals surface area contributed by atoms with Crippen molar-refractivity contribution in [3.63, 3.8) is 0 Å². The van der Waals surface area contributed by atoms with E-state index in [1.54, 1.807) is 37.8 Å². The van der Waals surface area contributed by atoms with Crippen molar-refractivity contribution in [3.05, 3.63) is 58.9 Å². The molecule has 20 heteroatoms. The molecule has 3 aliphatic rings. The number of rotatable bonds is 2. The molecule has 0 saturated carbocycles. The number of ether oxygens (including phenoxy) is 2. The Kier molecular flexibility index (Phi) is 5.49. The van der Waals surface area contributed by atoms with Crippen molar-refractivity contribution in [1.82, 2.24) is 69.0 Å². The van der Waals surface area contributed by atoms with Gasteiger partial charge in [-0.3, -0.25) is 13.9 Å². The molecule has 0 spiro atoms. The summed E-state index contributed by atoms with van der Waals surface area (Å²) < 4.78 is 19.2. The summed E-state index contributed by atoms with van der Waals surface area (Å²) in [4.78, 5) is 36.5. The van der Waals surface area contributed by atoms with Crippen molar-refractivity contribution in [1.29, 1.82) is 0 Å². The fourth-order valence-electron chi connectivity index (χ4n) is 6.67. The lowest BCUT2D eigenvalue weighted by Crippen LogP contribution is -2.31. The molecule has 2 saturated heterocycles. The van der Waals surface area contributed by atoms with Crippen LogP contribution >= 0.6 is 0 Å². The summed E-state index contributed by atoms with van der Waals surface area (Å²) in [6.07, 6.45) is 2.93. The van der Waals surface area contributed by atoms with Crippen molar-refractivity contribution < 1.29 is 19.7 Å². The maximum atomic E-state index is 12.5. The molecule has 45 heavy (non-hydrogen) atoms. The third kappa shape index (κ3) is 3.86. The number of aliphatic hydroxyl groups excluding tert-OH is 2. The SMILES string of the molecule is Cc1nc2c(ncn2[C@@H]2O[C@@H]3Cc4cn(nn4)[C@@H]4C(O)[C@H](n5cnc6c(N)ncnc65)O[C@@H]4Cc4cn(nn4)[C@H]2C3O)c(=O)[nH]1. The third-order valence-corrected chi connectivity index (χ3v) is 8.71. The van der Waals surface area contributed by atoms with Gasteiger partial charge in [0.2, 0.25) is 0 Å². The Bertz CT molecular complexity index is 2150. The number of fused-ring (bicyclic) bond motifs is 11. The normalized spacial score (nSPS) is 29.5. The van der Waals surface area contributed by atoms with E-state index >= 15 is 0 Å². The van der Waals surface area contributed by atoms with Crippen molar-refractivity contribution in [2.45, 2.75) is 68.7 Å². The quantitative estimate of drug-likeness (QED) is 0.166. The molecule has 230 valence electrons. The lowest BCUT2D eigenvalue weighted by Gasteiger charge is -2.21. The summed E-state index contributed by atoms with van der Waals surface area (Å²) in [5, 5.41) is 40.6. The largest absolute Gasteiger partial charge is 0.388 e. The number of aryl methyl sites for hydroxylation is 1. The van der Waals surface area contributed by atoms with E-state index in [9.17, 15) is 15.0 Å². The number of hydrogen-bond donors (Lipinski definition) is 4. The number of aliphatic hydroxyl groups is 2. The second-order valence-electron chi connectivity index (χ2n) is 11.4. The Hall–Kier alpha value is -5.18. The zero-order valence-corrected chi connectivity index (χ0v) is 23.4. The zero-order chi connectivity index (χ0) is 30.6. The van der Waals surface area contributed by atoms with Crippen molar-refractivity contribution in [2.24, 2.45) is 0 Å². The second-order valence-corrected chi connectivity index (χ2v) is 11.4. The van der Waals surface area contributed by atoms with Crippen LogP contribution in [0.3, 0.4) is 0 Å². The van der Waals surface area contributed by atoms with Crippen LogP contribution in [0.2, 0.25) is 0 Å². The van der Waals surface area contributed by atoms with Crippen LogP contribution < -0.4 is 11.3 Å². The molecule has 6 bridgehead atoms. The number of nitrogen functional groups attached to an aromatic ring is 1. The van der Waals surface area contributed by atoms with Gasteiger partial charge in [-0.25, -0.2) is 34.3 Å². The molecular weight excluding hydrogens is 590 g/mol. The van der Waals surface area contributed by atoms with Gasteiger partial charge in [0.25, 0.3) is 5.56 Å². The van der Waals surface area contributed by atoms with Crippen LogP contribution in [0.1, 0.15) is 41.8 Å². The molecule has 9 rings (SSSR count). The van der Waals surface area contributed by atoms with Crippen LogP contribution in [0.5, 0.6) is 0 Å². The van der Waals surface area contributed by atoms with Crippen molar-refractivity contribution >= 4 is 28.1 Å². The van der Waals surface area contributed by atoms with Crippen LogP contribution in [-0.2, 0) is 22.3 Å². The van der Waals surface area contributed by atoms with E-state index in [4.69, 9.17) is 15.2 Å². The van der Waals surface area contributed by atoms with Gasteiger partial charge in [0.1, 0.15) is 42.0 Å². The summed E-state index contributed by atoms with van der Waals surface area (Å²) in [5.74, 6) is 0.624. The molecule has 0 radical (unpaired) electrons. The smallest absolute Gasteiger partial charge is 0.279 e. The average Bonchev–Trinajstić information content (AvgIpc) is 3.84. The highest BCUT2D eigenvalue weighted by Crippen LogP contribution is 2.43. The maximum Gasteiger partial charge on any atom is 0.279 e. The van der Waals surface area contributed by atoms with E-state index in [2.05, 4.69) is 50.5 Å². The third-order valence-electron chi connectivity index (χ3n) is 8.71. The lowest BCUT2D eigenvalue weighted by molar-refractivity contribution is -0.0347. The van der Waals surface area contributed by atoms with Crippen LogP contribution in [0.25, 0.3) is 22.3 Å². The number of H-pyrrole nitrogens is 1. The molecule has 20 nitrogen and oxygen atoms in total. The first-order valence-electron chi connectivity index (χ1n) is 14.2. The van der Waals surface area contributed by atoms with Crippen molar-refractivity contribution in [3.8, 4) is 0 Å². The molecule has 5 N–H and O–H groups in total. The first-order chi connectivity index (χ1) is 21.8. The summed E-state index contributed by atoms with van der Waals surface area (Å²) >= 11 is 0. The second kappa shape index (κ2) is 9.41. The number of aromatic amines is 1. The Morgan fingerprint density at radius 2 is 1.51 bits per heavy atom. The van der Waals surface area contributed by atoms with E-state index in [0.29, 0.717) is 34.0 Å². The van der Waals surface area contributed by atoms with Gasteiger partial charge in [-0.15, -0.1) is 10.2 Å². The van der Waals surface area contributed by atoms with Gasteiger partial charge >= 0.3 is 0 Å². The monoisotopic (exact) mass is 615 g/mol. The van der Waals surface area contributed by atoms with Crippen LogP contribution in [0.15, 0.2) is 36.2 Å². The van der Waals surface area contributed by atoms with Crippen LogP contribution in [0, 0.1) is 6.92 Å². The van der Waals surface area contributed by atoms with Gasteiger partial charge in [0.05, 0.1) is 36.3 Å². The van der Waals surface area contributed by atoms with Crippen molar-refractivity contribution in [2.75, 3.05) is 5.73 Å². The van der Waals surface area contributed by atoms with Gasteiger partial charge in [-0.1, -0.05) is 10.4 Å². The molecule has 0 aliphatic carbocycles. The molecule has 3 aliphatic heterocycles. The molecule has 0 aromatic carbocycles. The number of anilines is 1. The Labute approximate surface area is 250 Å². The highest BCUT2D eigenvalue weighted by Gasteiger charge is 2.50. The van der Waals surface area contributed by atoms with Gasteiger partial charge in [-0.05, 0) is 6.92 Å². The molecule has 6 aromatic rings. The standard InChI is InChI=1S/C25H25N15O5/c1-9-31-22-15(23(43)32-9)30-8-38(22)24-17-18(41)13(45-24)3-11-4-39(35-34-11)16-12(2-10-5-40(17)36-33-10)44-25(19(16)42)37-7-29-14-20(26)27-6-28-21(14)37/h4-8,12-13,16-19,24-25,41-42H,2-3H2,1H3,(H2,26,27,28)(H,31,32,43)/t12-,13-,16+,17+,18?,19?,24-,25-/m1/s1. The number of hydrogen-bond acceptors (Lipinski definition) is 15. The van der Waals surface area contributed by atoms with Crippen LogP contribution in [0.4, 0.5) is 5.82 Å². The molecule has 2 unspecified atom stereocenters. The first kappa shape index (κ1) is 26.2. The number of nitrogens with two attached hydrogens (primary N) is 1. The molecule has 9 heterocycles. The fraction of sp³-hybridized carbons (Fsp3) is 0.440. The Balaban J connectivity index is 1.12. The summed E-state index contributed by atoms with van der Waals surface area (Å²) in [6, 6.07) is -1.42. The predicted molar refractivity (Wildman–Crippen MR) is 148 cm³/mol. The van der Waals surface area contributed by atoms with E-state index in [1.807, 2.05) is 0 Å². The van der Waals surface area contributed by atoms with E-state index in [-0.39, 0.29) is 29.7 Å². The molecule has 8 atom stereocenters. The Morgan fingerprint density at radius 1 is 0.844 bits per heavy atom. The van der Waals surface area contributed by atoms with Gasteiger partial charge in [0.15, 0.2) is 35.1 Å². The number of imidazole rings is 2. The number of nitrogens with zero attached hydrogens (tertiary/aromatic N) is 13. The summed E-state index contributed by atoms with van der Waals surface area (Å²) in [7, 11) is 0. The highest BCUT2D eigenvalue weighted by molar-refractivity contribution is 5.81. The van der Waals surface area contributed by atoms with E-state index < -0.39 is 49.0 Å². The average molecular weight is 616 g/mol. The van der Waals surface area contributed by atoms with E-state index in [0.717, 1.165) is 0 Å².